The van der Waals surface area contributed by atoms with Gasteiger partial charge in [0.1, 0.15) is 23.7 Å². The fraction of sp³-hybridized carbons (Fsp3) is 0.542. The number of rotatable bonds is 6. The van der Waals surface area contributed by atoms with Crippen molar-refractivity contribution in [3.63, 3.8) is 0 Å². The number of fused-ring (bicyclic) bond motifs is 1. The standard InChI is InChI=1S/C24H30FN7O2/c1-13(2)29-20-16(25)11-26-19(30-20)15-5-9-32(10-6-15)23(33)17-14(3)34-22-18(17)21(27-12-28-22)31-24(4)7-8-24/h11-13,15H,5-10H2,1-4H3,(H,26,29,30)(H,27,28,31). The molecule has 1 aliphatic heterocycles. The zero-order chi connectivity index (χ0) is 24.0. The molecule has 5 rings (SSSR count). The minimum Gasteiger partial charge on any atom is -0.442 e. The molecule has 4 heterocycles. The van der Waals surface area contributed by atoms with E-state index < -0.39 is 5.82 Å². The van der Waals surface area contributed by atoms with Crippen LogP contribution in [0.5, 0.6) is 0 Å². The molecule has 34 heavy (non-hydrogen) atoms. The van der Waals surface area contributed by atoms with E-state index in [-0.39, 0.29) is 29.2 Å². The number of nitrogens with zero attached hydrogens (tertiary/aromatic N) is 5. The maximum atomic E-state index is 14.1. The predicted octanol–water partition coefficient (Wildman–Crippen LogP) is 4.26. The Bertz CT molecular complexity index is 1230. The van der Waals surface area contributed by atoms with Gasteiger partial charge in [0.25, 0.3) is 5.91 Å². The summed E-state index contributed by atoms with van der Waals surface area (Å²) in [7, 11) is 0. The van der Waals surface area contributed by atoms with E-state index in [1.807, 2.05) is 18.7 Å². The maximum absolute atomic E-state index is 14.1. The van der Waals surface area contributed by atoms with Gasteiger partial charge in [-0.3, -0.25) is 4.79 Å². The molecule has 3 aromatic rings. The first-order valence-corrected chi connectivity index (χ1v) is 11.8. The van der Waals surface area contributed by atoms with Gasteiger partial charge in [-0.05, 0) is 53.4 Å². The normalized spacial score (nSPS) is 17.9. The lowest BCUT2D eigenvalue weighted by Gasteiger charge is -2.31. The number of amides is 1. The predicted molar refractivity (Wildman–Crippen MR) is 126 cm³/mol. The van der Waals surface area contributed by atoms with Crippen molar-refractivity contribution >= 4 is 28.6 Å². The second-order valence-corrected chi connectivity index (χ2v) is 9.91. The molecule has 10 heteroatoms. The van der Waals surface area contributed by atoms with Crippen LogP contribution < -0.4 is 10.6 Å². The van der Waals surface area contributed by atoms with E-state index in [1.54, 1.807) is 6.92 Å². The monoisotopic (exact) mass is 467 g/mol. The van der Waals surface area contributed by atoms with Crippen molar-refractivity contribution in [1.29, 1.82) is 0 Å². The van der Waals surface area contributed by atoms with E-state index in [4.69, 9.17) is 4.42 Å². The average Bonchev–Trinajstić information content (AvgIpc) is 3.42. The molecule has 0 atom stereocenters. The smallest absolute Gasteiger partial charge is 0.258 e. The Hall–Kier alpha value is -3.30. The molecule has 1 amide bonds. The number of carbonyl (C=O) groups excluding carboxylic acids is 1. The van der Waals surface area contributed by atoms with E-state index in [1.165, 1.54) is 12.5 Å². The van der Waals surface area contributed by atoms with Crippen molar-refractivity contribution in [3.8, 4) is 0 Å². The number of furan rings is 1. The number of hydrogen-bond acceptors (Lipinski definition) is 8. The summed E-state index contributed by atoms with van der Waals surface area (Å²) in [4.78, 5) is 32.7. The second-order valence-electron chi connectivity index (χ2n) is 9.91. The number of piperidine rings is 1. The number of likely N-dealkylation sites (tertiary alicyclic amines) is 1. The molecule has 2 N–H and O–H groups in total. The van der Waals surface area contributed by atoms with Crippen LogP contribution in [0.2, 0.25) is 0 Å². The van der Waals surface area contributed by atoms with Crippen LogP contribution in [0.15, 0.2) is 16.9 Å². The number of nitrogens with one attached hydrogen (secondary N) is 2. The average molecular weight is 468 g/mol. The van der Waals surface area contributed by atoms with E-state index in [9.17, 15) is 9.18 Å². The lowest BCUT2D eigenvalue weighted by molar-refractivity contribution is 0.0711. The topological polar surface area (TPSA) is 109 Å². The molecule has 2 aliphatic rings. The number of aryl methyl sites for hydroxylation is 1. The molecule has 1 aliphatic carbocycles. The lowest BCUT2D eigenvalue weighted by atomic mass is 9.95. The zero-order valence-electron chi connectivity index (χ0n) is 20.0. The van der Waals surface area contributed by atoms with Crippen molar-refractivity contribution in [2.45, 2.75) is 70.9 Å². The molecule has 0 spiro atoms. The quantitative estimate of drug-likeness (QED) is 0.553. The van der Waals surface area contributed by atoms with Crippen LogP contribution in [0.3, 0.4) is 0 Å². The number of aromatic nitrogens is 4. The molecule has 2 fully saturated rings. The Morgan fingerprint density at radius 2 is 1.94 bits per heavy atom. The Balaban J connectivity index is 1.34. The fourth-order valence-corrected chi connectivity index (χ4v) is 4.45. The summed E-state index contributed by atoms with van der Waals surface area (Å²) in [5.41, 5.74) is 0.938. The third kappa shape index (κ3) is 4.28. The van der Waals surface area contributed by atoms with Gasteiger partial charge in [-0.1, -0.05) is 0 Å². The van der Waals surface area contributed by atoms with E-state index >= 15 is 0 Å². The third-order valence-electron chi connectivity index (χ3n) is 6.63. The summed E-state index contributed by atoms with van der Waals surface area (Å²) in [6.07, 6.45) is 6.21. The minimum atomic E-state index is -0.459. The van der Waals surface area contributed by atoms with Gasteiger partial charge < -0.3 is 20.0 Å². The number of anilines is 2. The first kappa shape index (κ1) is 22.5. The maximum Gasteiger partial charge on any atom is 0.258 e. The molecule has 0 aromatic carbocycles. The van der Waals surface area contributed by atoms with Crippen LogP contribution in [0.1, 0.15) is 74.3 Å². The van der Waals surface area contributed by atoms with Gasteiger partial charge in [0.2, 0.25) is 5.71 Å². The third-order valence-corrected chi connectivity index (χ3v) is 6.63. The summed E-state index contributed by atoms with van der Waals surface area (Å²) in [6.45, 7) is 8.91. The Labute approximate surface area is 197 Å². The second kappa shape index (κ2) is 8.48. The minimum absolute atomic E-state index is 0.00353. The molecule has 0 unspecified atom stereocenters. The fourth-order valence-electron chi connectivity index (χ4n) is 4.45. The SMILES string of the molecule is Cc1oc2ncnc(NC3(C)CC3)c2c1C(=O)N1CCC(c2ncc(F)c(NC(C)C)n2)CC1. The van der Waals surface area contributed by atoms with Crippen LogP contribution in [-0.2, 0) is 0 Å². The van der Waals surface area contributed by atoms with Gasteiger partial charge in [-0.2, -0.15) is 0 Å². The van der Waals surface area contributed by atoms with Crippen molar-refractivity contribution in [3.05, 3.63) is 35.5 Å². The first-order chi connectivity index (χ1) is 16.2. The van der Waals surface area contributed by atoms with Gasteiger partial charge >= 0.3 is 0 Å². The number of halogens is 1. The van der Waals surface area contributed by atoms with Crippen molar-refractivity contribution in [2.75, 3.05) is 23.7 Å². The number of carbonyl (C=O) groups is 1. The summed E-state index contributed by atoms with van der Waals surface area (Å²) in [5.74, 6) is 1.54. The van der Waals surface area contributed by atoms with Crippen molar-refractivity contribution in [1.82, 2.24) is 24.8 Å². The van der Waals surface area contributed by atoms with Gasteiger partial charge in [0.15, 0.2) is 11.6 Å². The molecule has 3 aromatic heterocycles. The molecule has 1 saturated carbocycles. The van der Waals surface area contributed by atoms with Gasteiger partial charge in [-0.25, -0.2) is 24.3 Å². The highest BCUT2D eigenvalue weighted by Gasteiger charge is 2.39. The summed E-state index contributed by atoms with van der Waals surface area (Å²) in [5, 5.41) is 7.14. The van der Waals surface area contributed by atoms with Crippen LogP contribution in [0.4, 0.5) is 16.0 Å². The Kier molecular flexibility index (Phi) is 5.61. The zero-order valence-corrected chi connectivity index (χ0v) is 20.0. The van der Waals surface area contributed by atoms with E-state index in [0.717, 1.165) is 12.8 Å². The highest BCUT2D eigenvalue weighted by atomic mass is 19.1. The van der Waals surface area contributed by atoms with Crippen LogP contribution >= 0.6 is 0 Å². The molecule has 180 valence electrons. The summed E-state index contributed by atoms with van der Waals surface area (Å²) in [6, 6.07) is 0.0654. The molecule has 1 saturated heterocycles. The summed E-state index contributed by atoms with van der Waals surface area (Å²) >= 11 is 0. The highest BCUT2D eigenvalue weighted by Crippen LogP contribution is 2.40. The van der Waals surface area contributed by atoms with E-state index in [2.05, 4.69) is 37.5 Å². The molecular weight excluding hydrogens is 437 g/mol. The first-order valence-electron chi connectivity index (χ1n) is 11.8. The van der Waals surface area contributed by atoms with Crippen LogP contribution in [0.25, 0.3) is 11.1 Å². The molecular formula is C24H30FN7O2. The van der Waals surface area contributed by atoms with Crippen LogP contribution in [0, 0.1) is 12.7 Å². The summed E-state index contributed by atoms with van der Waals surface area (Å²) < 4.78 is 19.9. The molecule has 0 bridgehead atoms. The molecule has 0 radical (unpaired) electrons. The van der Waals surface area contributed by atoms with Gasteiger partial charge in [0, 0.05) is 30.6 Å². The number of hydrogen-bond donors (Lipinski definition) is 2. The molecule has 9 nitrogen and oxygen atoms in total. The van der Waals surface area contributed by atoms with Crippen molar-refractivity contribution in [2.24, 2.45) is 0 Å². The Morgan fingerprint density at radius 3 is 2.62 bits per heavy atom. The van der Waals surface area contributed by atoms with Gasteiger partial charge in [0.05, 0.1) is 17.1 Å². The Morgan fingerprint density at radius 1 is 1.21 bits per heavy atom. The highest BCUT2D eigenvalue weighted by molar-refractivity contribution is 6.10. The van der Waals surface area contributed by atoms with E-state index in [0.29, 0.717) is 60.0 Å². The largest absolute Gasteiger partial charge is 0.442 e. The van der Waals surface area contributed by atoms with Crippen molar-refractivity contribution < 1.29 is 13.6 Å². The lowest BCUT2D eigenvalue weighted by Crippen LogP contribution is -2.38. The van der Waals surface area contributed by atoms with Gasteiger partial charge in [-0.15, -0.1) is 0 Å². The van der Waals surface area contributed by atoms with Crippen LogP contribution in [-0.4, -0.2) is 55.4 Å².